The van der Waals surface area contributed by atoms with E-state index in [9.17, 15) is 9.18 Å². The van der Waals surface area contributed by atoms with Crippen molar-refractivity contribution in [2.75, 3.05) is 0 Å². The Hall–Kier alpha value is -1.96. The lowest BCUT2D eigenvalue weighted by molar-refractivity contribution is 0.101. The van der Waals surface area contributed by atoms with Crippen LogP contribution in [-0.4, -0.2) is 5.78 Å². The molecule has 0 amide bonds. The topological polar surface area (TPSA) is 17.1 Å². The Morgan fingerprint density at radius 1 is 1.04 bits per heavy atom. The highest BCUT2D eigenvalue weighted by Gasteiger charge is 2.22. The minimum absolute atomic E-state index is 0.0287. The van der Waals surface area contributed by atoms with Gasteiger partial charge in [0.05, 0.1) is 0 Å². The van der Waals surface area contributed by atoms with Crippen LogP contribution in [0.25, 0.3) is 11.1 Å². The predicted octanol–water partition coefficient (Wildman–Crippen LogP) is 6.77. The summed E-state index contributed by atoms with van der Waals surface area (Å²) in [5, 5.41) is 0. The van der Waals surface area contributed by atoms with Gasteiger partial charge in [0.1, 0.15) is 5.82 Å². The molecule has 3 rings (SSSR count). The van der Waals surface area contributed by atoms with Gasteiger partial charge in [0.15, 0.2) is 5.78 Å². The van der Waals surface area contributed by atoms with E-state index >= 15 is 0 Å². The lowest BCUT2D eigenvalue weighted by Gasteiger charge is -2.28. The van der Waals surface area contributed by atoms with E-state index in [1.807, 2.05) is 18.2 Å². The van der Waals surface area contributed by atoms with Gasteiger partial charge in [-0.2, -0.15) is 0 Å². The summed E-state index contributed by atoms with van der Waals surface area (Å²) in [4.78, 5) is 11.4. The molecular formula is C23H27FO. The Morgan fingerprint density at radius 2 is 1.72 bits per heavy atom. The molecule has 0 heterocycles. The monoisotopic (exact) mass is 338 g/mol. The maximum Gasteiger partial charge on any atom is 0.159 e. The van der Waals surface area contributed by atoms with Crippen molar-refractivity contribution in [1.82, 2.24) is 0 Å². The molecule has 0 radical (unpaired) electrons. The summed E-state index contributed by atoms with van der Waals surface area (Å²) < 4.78 is 14.7. The zero-order valence-corrected chi connectivity index (χ0v) is 15.2. The fourth-order valence-electron chi connectivity index (χ4n) is 4.10. The molecule has 1 nitrogen and oxygen atoms in total. The smallest absolute Gasteiger partial charge is 0.159 e. The van der Waals surface area contributed by atoms with Crippen molar-refractivity contribution in [2.45, 2.75) is 58.3 Å². The van der Waals surface area contributed by atoms with Crippen LogP contribution in [0.15, 0.2) is 42.5 Å². The van der Waals surface area contributed by atoms with Crippen LogP contribution < -0.4 is 0 Å². The molecule has 0 spiro atoms. The van der Waals surface area contributed by atoms with Crippen LogP contribution in [0.5, 0.6) is 0 Å². The summed E-state index contributed by atoms with van der Waals surface area (Å²) in [5.41, 5.74) is 3.22. The quantitative estimate of drug-likeness (QED) is 0.550. The van der Waals surface area contributed by atoms with Gasteiger partial charge < -0.3 is 0 Å². The first-order valence-corrected chi connectivity index (χ1v) is 9.49. The number of Topliss-reactive ketones (excluding diaryl/α,β-unsaturated/α-hetero) is 1. The van der Waals surface area contributed by atoms with Crippen molar-refractivity contribution in [1.29, 1.82) is 0 Å². The van der Waals surface area contributed by atoms with Crippen LogP contribution in [0.1, 0.15) is 74.2 Å². The fourth-order valence-corrected chi connectivity index (χ4v) is 4.10. The predicted molar refractivity (Wildman–Crippen MR) is 101 cm³/mol. The van der Waals surface area contributed by atoms with E-state index in [1.165, 1.54) is 38.5 Å². The van der Waals surface area contributed by atoms with Crippen molar-refractivity contribution in [3.05, 3.63) is 59.4 Å². The van der Waals surface area contributed by atoms with E-state index in [0.717, 1.165) is 17.0 Å². The lowest BCUT2D eigenvalue weighted by atomic mass is 9.77. The third-order valence-electron chi connectivity index (χ3n) is 5.61. The fraction of sp³-hybridized carbons (Fsp3) is 0.435. The molecule has 0 saturated heterocycles. The lowest BCUT2D eigenvalue weighted by Crippen LogP contribution is -2.13. The van der Waals surface area contributed by atoms with E-state index in [2.05, 4.69) is 13.0 Å². The molecule has 0 N–H and O–H groups in total. The SMILES string of the molecule is CCC[C@H]1CC[C@H](c2ccc(-c3ccc(C(C)=O)cc3)c(F)c2)CC1. The van der Waals surface area contributed by atoms with Crippen molar-refractivity contribution in [3.8, 4) is 11.1 Å². The van der Waals surface area contributed by atoms with Gasteiger partial charge >= 0.3 is 0 Å². The van der Waals surface area contributed by atoms with Gasteiger partial charge in [0.25, 0.3) is 0 Å². The normalized spacial score (nSPS) is 20.4. The third-order valence-corrected chi connectivity index (χ3v) is 5.61. The molecule has 1 aliphatic carbocycles. The van der Waals surface area contributed by atoms with Crippen LogP contribution in [0.3, 0.4) is 0 Å². The molecule has 0 aromatic heterocycles. The molecule has 132 valence electrons. The van der Waals surface area contributed by atoms with Crippen molar-refractivity contribution < 1.29 is 9.18 Å². The summed E-state index contributed by atoms with van der Waals surface area (Å²) in [5.74, 6) is 1.23. The van der Waals surface area contributed by atoms with Crippen LogP contribution >= 0.6 is 0 Å². The summed E-state index contributed by atoms with van der Waals surface area (Å²) in [6, 6.07) is 12.9. The number of hydrogen-bond donors (Lipinski definition) is 0. The van der Waals surface area contributed by atoms with Crippen LogP contribution in [0.2, 0.25) is 0 Å². The van der Waals surface area contributed by atoms with Crippen molar-refractivity contribution in [3.63, 3.8) is 0 Å². The first-order valence-electron chi connectivity index (χ1n) is 9.49. The molecule has 1 saturated carbocycles. The van der Waals surface area contributed by atoms with Crippen molar-refractivity contribution in [2.24, 2.45) is 5.92 Å². The second kappa shape index (κ2) is 7.95. The highest BCUT2D eigenvalue weighted by Crippen LogP contribution is 2.38. The maximum atomic E-state index is 14.7. The number of carbonyl (C=O) groups excluding carboxylic acids is 1. The second-order valence-electron chi connectivity index (χ2n) is 7.38. The van der Waals surface area contributed by atoms with Gasteiger partial charge in [-0.25, -0.2) is 4.39 Å². The van der Waals surface area contributed by atoms with E-state index < -0.39 is 0 Å². The third kappa shape index (κ3) is 4.18. The number of carbonyl (C=O) groups is 1. The highest BCUT2D eigenvalue weighted by molar-refractivity contribution is 5.94. The average Bonchev–Trinajstić information content (AvgIpc) is 2.63. The van der Waals surface area contributed by atoms with Gasteiger partial charge in [-0.15, -0.1) is 0 Å². The number of rotatable bonds is 5. The summed E-state index contributed by atoms with van der Waals surface area (Å²) >= 11 is 0. The summed E-state index contributed by atoms with van der Waals surface area (Å²) in [7, 11) is 0. The molecule has 25 heavy (non-hydrogen) atoms. The highest BCUT2D eigenvalue weighted by atomic mass is 19.1. The largest absolute Gasteiger partial charge is 0.295 e. The number of ketones is 1. The van der Waals surface area contributed by atoms with Gasteiger partial charge in [-0.3, -0.25) is 4.79 Å². The molecule has 2 heteroatoms. The molecule has 1 fully saturated rings. The van der Waals surface area contributed by atoms with Gasteiger partial charge in [-0.05, 0) is 61.6 Å². The average molecular weight is 338 g/mol. The zero-order valence-electron chi connectivity index (χ0n) is 15.2. The Balaban J connectivity index is 1.74. The molecule has 1 aliphatic rings. The van der Waals surface area contributed by atoms with Crippen LogP contribution in [0, 0.1) is 11.7 Å². The molecule has 0 unspecified atom stereocenters. The van der Waals surface area contributed by atoms with Crippen LogP contribution in [0.4, 0.5) is 4.39 Å². The molecule has 0 aliphatic heterocycles. The summed E-state index contributed by atoms with van der Waals surface area (Å²) in [6.45, 7) is 3.79. The Bertz CT molecular complexity index is 724. The number of hydrogen-bond acceptors (Lipinski definition) is 1. The minimum atomic E-state index is -0.163. The molecule has 0 bridgehead atoms. The van der Waals surface area contributed by atoms with Gasteiger partial charge in [-0.1, -0.05) is 56.2 Å². The molecular weight excluding hydrogens is 311 g/mol. The number of halogens is 1. The number of benzene rings is 2. The molecule has 0 atom stereocenters. The van der Waals surface area contributed by atoms with Gasteiger partial charge in [0.2, 0.25) is 0 Å². The van der Waals surface area contributed by atoms with Gasteiger partial charge in [0, 0.05) is 11.1 Å². The second-order valence-corrected chi connectivity index (χ2v) is 7.38. The van der Waals surface area contributed by atoms with E-state index in [1.54, 1.807) is 25.1 Å². The van der Waals surface area contributed by atoms with E-state index in [-0.39, 0.29) is 11.6 Å². The summed E-state index contributed by atoms with van der Waals surface area (Å²) in [6.07, 6.45) is 7.49. The van der Waals surface area contributed by atoms with Crippen molar-refractivity contribution >= 4 is 5.78 Å². The Morgan fingerprint density at radius 3 is 2.28 bits per heavy atom. The van der Waals surface area contributed by atoms with E-state index in [4.69, 9.17) is 0 Å². The molecule has 2 aromatic carbocycles. The van der Waals surface area contributed by atoms with Crippen LogP contribution in [-0.2, 0) is 0 Å². The molecule has 2 aromatic rings. The minimum Gasteiger partial charge on any atom is -0.295 e. The Labute approximate surface area is 150 Å². The standard InChI is InChI=1S/C23H27FO/c1-3-4-17-5-7-19(8-6-17)21-13-14-22(23(24)15-21)20-11-9-18(10-12-20)16(2)25/h9-15,17,19H,3-8H2,1-2H3/t17-,19-. The Kier molecular flexibility index (Phi) is 5.67. The first kappa shape index (κ1) is 17.8. The maximum absolute atomic E-state index is 14.7. The zero-order chi connectivity index (χ0) is 17.8. The van der Waals surface area contributed by atoms with E-state index in [0.29, 0.717) is 17.0 Å². The first-order chi connectivity index (χ1) is 12.1.